The van der Waals surface area contributed by atoms with Gasteiger partial charge < -0.3 is 5.32 Å². The van der Waals surface area contributed by atoms with Gasteiger partial charge in [0, 0.05) is 0 Å². The fourth-order valence-corrected chi connectivity index (χ4v) is 0.838. The predicted molar refractivity (Wildman–Crippen MR) is 41.1 cm³/mol. The van der Waals surface area contributed by atoms with Gasteiger partial charge in [0.25, 0.3) is 0 Å². The summed E-state index contributed by atoms with van der Waals surface area (Å²) in [7, 11) is 0. The molecule has 0 radical (unpaired) electrons. The average Bonchev–Trinajstić information content (AvgIpc) is 1.90. The van der Waals surface area contributed by atoms with E-state index in [2.05, 4.69) is 17.6 Å². The summed E-state index contributed by atoms with van der Waals surface area (Å²) in [5.41, 5.74) is 0. The number of hydrogen-bond acceptors (Lipinski definition) is 3. The van der Waals surface area contributed by atoms with Gasteiger partial charge in [-0.25, -0.2) is 0 Å². The third-order valence-electron chi connectivity index (χ3n) is 1.27. The Hall–Kier alpha value is -0.750. The highest BCUT2D eigenvalue weighted by molar-refractivity contribution is 4.73. The Bertz CT molecular complexity index is 99.9. The second-order valence-corrected chi connectivity index (χ2v) is 2.16. The molecule has 1 unspecified atom stereocenters. The van der Waals surface area contributed by atoms with Crippen LogP contribution in [0.1, 0.15) is 26.7 Å². The molecule has 58 valence electrons. The van der Waals surface area contributed by atoms with Crippen LogP contribution in [0.4, 0.5) is 0 Å². The minimum Gasteiger partial charge on any atom is -0.308 e. The quantitative estimate of drug-likeness (QED) is 0.338. The highest BCUT2D eigenvalue weighted by atomic mass is 15.1. The van der Waals surface area contributed by atoms with Crippen LogP contribution in [0.3, 0.4) is 0 Å². The summed E-state index contributed by atoms with van der Waals surface area (Å²) < 4.78 is 0. The summed E-state index contributed by atoms with van der Waals surface area (Å²) in [5.74, 6) is 0. The van der Waals surface area contributed by atoms with Crippen LogP contribution >= 0.6 is 0 Å². The minimum absolute atomic E-state index is 0.167. The van der Waals surface area contributed by atoms with E-state index in [0.29, 0.717) is 0 Å². The Labute approximate surface area is 62.4 Å². The summed E-state index contributed by atoms with van der Waals surface area (Å²) >= 11 is 0. The molecule has 0 saturated carbocycles. The summed E-state index contributed by atoms with van der Waals surface area (Å²) in [4.78, 5) is 0. The van der Waals surface area contributed by atoms with Crippen molar-refractivity contribution in [1.29, 1.82) is 5.26 Å². The third kappa shape index (κ3) is 4.16. The van der Waals surface area contributed by atoms with Crippen LogP contribution in [-0.4, -0.2) is 12.7 Å². The van der Waals surface area contributed by atoms with E-state index in [-0.39, 0.29) is 6.17 Å². The van der Waals surface area contributed by atoms with Crippen LogP contribution < -0.4 is 10.6 Å². The zero-order valence-electron chi connectivity index (χ0n) is 6.65. The summed E-state index contributed by atoms with van der Waals surface area (Å²) in [6.07, 6.45) is 4.18. The van der Waals surface area contributed by atoms with Crippen molar-refractivity contribution in [3.63, 3.8) is 0 Å². The van der Waals surface area contributed by atoms with Gasteiger partial charge in [0.1, 0.15) is 0 Å². The Morgan fingerprint density at radius 3 is 2.60 bits per heavy atom. The van der Waals surface area contributed by atoms with Crippen molar-refractivity contribution in [2.45, 2.75) is 32.9 Å². The number of rotatable bonds is 5. The highest BCUT2D eigenvalue weighted by Gasteiger charge is 2.01. The molecule has 0 aliphatic heterocycles. The average molecular weight is 141 g/mol. The van der Waals surface area contributed by atoms with Gasteiger partial charge in [-0.15, -0.1) is 0 Å². The van der Waals surface area contributed by atoms with E-state index in [9.17, 15) is 0 Å². The van der Waals surface area contributed by atoms with Gasteiger partial charge in [-0.1, -0.05) is 20.3 Å². The van der Waals surface area contributed by atoms with Gasteiger partial charge in [0.05, 0.1) is 6.17 Å². The number of nitrogens with zero attached hydrogens (tertiary/aromatic N) is 1. The van der Waals surface area contributed by atoms with E-state index in [1.54, 1.807) is 0 Å². The van der Waals surface area contributed by atoms with Crippen molar-refractivity contribution in [3.8, 4) is 6.19 Å². The minimum atomic E-state index is 0.167. The molecule has 0 aromatic rings. The topological polar surface area (TPSA) is 47.9 Å². The van der Waals surface area contributed by atoms with Crippen LogP contribution in [0.15, 0.2) is 0 Å². The first-order valence-corrected chi connectivity index (χ1v) is 3.73. The Morgan fingerprint density at radius 1 is 1.50 bits per heavy atom. The van der Waals surface area contributed by atoms with Crippen LogP contribution in [0.25, 0.3) is 0 Å². The molecular formula is C7H15N3. The molecule has 1 atom stereocenters. The summed E-state index contributed by atoms with van der Waals surface area (Å²) in [6.45, 7) is 5.03. The molecule has 0 bridgehead atoms. The molecule has 0 aliphatic rings. The first-order valence-electron chi connectivity index (χ1n) is 3.73. The highest BCUT2D eigenvalue weighted by Crippen LogP contribution is 1.90. The molecule has 0 saturated heterocycles. The van der Waals surface area contributed by atoms with Gasteiger partial charge >= 0.3 is 0 Å². The molecule has 0 amide bonds. The van der Waals surface area contributed by atoms with Gasteiger partial charge in [-0.05, 0) is 13.0 Å². The molecule has 0 fully saturated rings. The molecule has 0 spiro atoms. The number of hydrogen-bond donors (Lipinski definition) is 2. The van der Waals surface area contributed by atoms with Crippen LogP contribution in [0.2, 0.25) is 0 Å². The van der Waals surface area contributed by atoms with Crippen LogP contribution in [0.5, 0.6) is 0 Å². The van der Waals surface area contributed by atoms with E-state index in [1.807, 2.05) is 13.1 Å². The maximum absolute atomic E-state index is 8.29. The summed E-state index contributed by atoms with van der Waals surface area (Å²) in [5, 5.41) is 14.1. The molecule has 2 N–H and O–H groups in total. The van der Waals surface area contributed by atoms with Crippen molar-refractivity contribution in [3.05, 3.63) is 0 Å². The third-order valence-corrected chi connectivity index (χ3v) is 1.27. The zero-order valence-corrected chi connectivity index (χ0v) is 6.65. The molecule has 0 aliphatic carbocycles. The van der Waals surface area contributed by atoms with E-state index in [4.69, 9.17) is 5.26 Å². The molecule has 0 heterocycles. The van der Waals surface area contributed by atoms with Gasteiger partial charge in [-0.2, -0.15) is 5.26 Å². The van der Waals surface area contributed by atoms with Gasteiger partial charge in [-0.3, -0.25) is 5.32 Å². The molecule has 3 heteroatoms. The van der Waals surface area contributed by atoms with Crippen molar-refractivity contribution in [2.75, 3.05) is 6.54 Å². The molecule has 0 rings (SSSR count). The number of nitrogens with one attached hydrogen (secondary N) is 2. The maximum atomic E-state index is 8.29. The molecule has 10 heavy (non-hydrogen) atoms. The second-order valence-electron chi connectivity index (χ2n) is 2.16. The standard InChI is InChI=1S/C7H15N3/c1-3-5-7(9-4-2)10-6-8/h7,9-10H,3-5H2,1-2H3. The van der Waals surface area contributed by atoms with E-state index in [0.717, 1.165) is 19.4 Å². The van der Waals surface area contributed by atoms with E-state index >= 15 is 0 Å². The smallest absolute Gasteiger partial charge is 0.177 e. The lowest BCUT2D eigenvalue weighted by Crippen LogP contribution is -2.39. The fraction of sp³-hybridized carbons (Fsp3) is 0.857. The largest absolute Gasteiger partial charge is 0.308 e. The zero-order chi connectivity index (χ0) is 7.82. The first kappa shape index (κ1) is 9.25. The predicted octanol–water partition coefficient (Wildman–Crippen LogP) is 0.793. The summed E-state index contributed by atoms with van der Waals surface area (Å²) in [6, 6.07) is 0. The maximum Gasteiger partial charge on any atom is 0.177 e. The normalized spacial score (nSPS) is 12.1. The Kier molecular flexibility index (Phi) is 5.89. The van der Waals surface area contributed by atoms with Crippen LogP contribution in [-0.2, 0) is 0 Å². The second kappa shape index (κ2) is 6.37. The molecule has 0 aromatic heterocycles. The fourth-order valence-electron chi connectivity index (χ4n) is 0.838. The lowest BCUT2D eigenvalue weighted by molar-refractivity contribution is 0.454. The molecular weight excluding hydrogens is 126 g/mol. The monoisotopic (exact) mass is 141 g/mol. The van der Waals surface area contributed by atoms with Crippen molar-refractivity contribution >= 4 is 0 Å². The Morgan fingerprint density at radius 2 is 2.20 bits per heavy atom. The first-order chi connectivity index (χ1) is 4.85. The lowest BCUT2D eigenvalue weighted by atomic mass is 10.3. The van der Waals surface area contributed by atoms with Gasteiger partial charge in [0.15, 0.2) is 6.19 Å². The van der Waals surface area contributed by atoms with Crippen molar-refractivity contribution in [1.82, 2.24) is 10.6 Å². The number of nitriles is 1. The van der Waals surface area contributed by atoms with Crippen molar-refractivity contribution in [2.24, 2.45) is 0 Å². The lowest BCUT2D eigenvalue weighted by Gasteiger charge is -2.13. The molecule has 0 aromatic carbocycles. The Balaban J connectivity index is 3.42. The van der Waals surface area contributed by atoms with E-state index < -0.39 is 0 Å². The van der Waals surface area contributed by atoms with Crippen LogP contribution in [0, 0.1) is 11.5 Å². The molecule has 3 nitrogen and oxygen atoms in total. The van der Waals surface area contributed by atoms with E-state index in [1.165, 1.54) is 0 Å². The van der Waals surface area contributed by atoms with Gasteiger partial charge in [0.2, 0.25) is 0 Å². The SMILES string of the molecule is CCCC(NC#N)NCC. The van der Waals surface area contributed by atoms with Crippen molar-refractivity contribution < 1.29 is 0 Å².